The van der Waals surface area contributed by atoms with Crippen molar-refractivity contribution in [3.05, 3.63) is 54.1 Å². The summed E-state index contributed by atoms with van der Waals surface area (Å²) in [5.74, 6) is -2.24. The Labute approximate surface area is 205 Å². The van der Waals surface area contributed by atoms with Gasteiger partial charge < -0.3 is 26.2 Å². The lowest BCUT2D eigenvalue weighted by Crippen LogP contribution is -2.49. The number of rotatable bonds is 10. The van der Waals surface area contributed by atoms with Crippen LogP contribution in [-0.4, -0.2) is 70.2 Å². The molecule has 10 nitrogen and oxygen atoms in total. The van der Waals surface area contributed by atoms with Crippen LogP contribution in [-0.2, 0) is 19.2 Å². The number of hydrogen-bond donors (Lipinski definition) is 5. The molecule has 0 aliphatic carbocycles. The molecule has 182 valence electrons. The maximum absolute atomic E-state index is 12.9. The average molecular weight is 507 g/mol. The number of anilines is 1. The van der Waals surface area contributed by atoms with Gasteiger partial charge >= 0.3 is 5.97 Å². The number of hydroxylamine groups is 1. The highest BCUT2D eigenvalue weighted by Crippen LogP contribution is 2.32. The number of carboxylic acid groups (broad SMARTS) is 1. The van der Waals surface area contributed by atoms with Crippen molar-refractivity contribution in [3.8, 4) is 5.75 Å². The molecule has 1 aliphatic heterocycles. The quantitative estimate of drug-likeness (QED) is 0.303. The van der Waals surface area contributed by atoms with Gasteiger partial charge in [-0.3, -0.25) is 14.4 Å². The van der Waals surface area contributed by atoms with Gasteiger partial charge in [0.1, 0.15) is 24.4 Å². The van der Waals surface area contributed by atoms with Gasteiger partial charge in [0.15, 0.2) is 0 Å². The molecule has 1 heterocycles. The van der Waals surface area contributed by atoms with Crippen LogP contribution in [0.3, 0.4) is 0 Å². The van der Waals surface area contributed by atoms with E-state index in [1.54, 1.807) is 10.7 Å². The van der Waals surface area contributed by atoms with E-state index in [4.69, 9.17) is 4.84 Å². The smallest absolute Gasteiger partial charge is 0.327 e. The molecule has 0 radical (unpaired) electrons. The van der Waals surface area contributed by atoms with Crippen molar-refractivity contribution < 1.29 is 29.4 Å². The highest BCUT2D eigenvalue weighted by atomic mass is 32.2. The van der Waals surface area contributed by atoms with Crippen LogP contribution in [0.15, 0.2) is 53.4 Å². The molecule has 12 heteroatoms. The number of nitrogens with one attached hydrogen (secondary N) is 3. The zero-order valence-corrected chi connectivity index (χ0v) is 20.0. The molecule has 2 atom stereocenters. The molecule has 2 amide bonds. The number of amides is 2. The Morgan fingerprint density at radius 2 is 1.91 bits per heavy atom. The zero-order chi connectivity index (χ0) is 24.5. The number of nitrogens with zero attached hydrogens (tertiary/aromatic N) is 1. The first kappa shape index (κ1) is 25.7. The van der Waals surface area contributed by atoms with Gasteiger partial charge in [-0.25, -0.2) is 4.79 Å². The maximum Gasteiger partial charge on any atom is 0.327 e. The average Bonchev–Trinajstić information content (AvgIpc) is 3.03. The fraction of sp³-hybridized carbons (Fsp3) is 0.318. The molecule has 34 heavy (non-hydrogen) atoms. The van der Waals surface area contributed by atoms with Crippen molar-refractivity contribution >= 4 is 47.2 Å². The second-order valence-corrected chi connectivity index (χ2v) is 9.23. The van der Waals surface area contributed by atoms with Crippen molar-refractivity contribution in [2.75, 3.05) is 37.0 Å². The second-order valence-electron chi connectivity index (χ2n) is 7.29. The Balaban J connectivity index is 1.65. The number of benzene rings is 2. The normalized spacial score (nSPS) is 15.2. The van der Waals surface area contributed by atoms with E-state index >= 15 is 0 Å². The van der Waals surface area contributed by atoms with Gasteiger partial charge in [0.05, 0.1) is 6.54 Å². The first-order chi connectivity index (χ1) is 16.4. The highest BCUT2D eigenvalue weighted by molar-refractivity contribution is 7.98. The van der Waals surface area contributed by atoms with Crippen molar-refractivity contribution in [2.24, 2.45) is 0 Å². The zero-order valence-electron chi connectivity index (χ0n) is 18.4. The summed E-state index contributed by atoms with van der Waals surface area (Å²) >= 11 is 2.63. The predicted molar refractivity (Wildman–Crippen MR) is 130 cm³/mol. The number of hydrogen-bond acceptors (Lipinski definition) is 9. The monoisotopic (exact) mass is 506 g/mol. The standard InChI is InChI=1S/C22H26N4O6S2/c1-33-13-17(22(30)31)24-21(29)20(14-6-8-15(27)9-7-14)25-19(28)12-32-26-11-10-23-16-4-2-3-5-18(16)34-26/h2-9,17,20,23,27H,10-13H2,1H3,(H,24,29)(H,25,28)(H,30,31)/t17-,20+/m0/s1. The van der Waals surface area contributed by atoms with Crippen LogP contribution in [0.4, 0.5) is 5.69 Å². The third-order valence-electron chi connectivity index (χ3n) is 4.78. The summed E-state index contributed by atoms with van der Waals surface area (Å²) in [5.41, 5.74) is 1.37. The molecular formula is C22H26N4O6S2. The minimum Gasteiger partial charge on any atom is -0.508 e. The van der Waals surface area contributed by atoms with Crippen molar-refractivity contribution in [1.29, 1.82) is 0 Å². The van der Waals surface area contributed by atoms with Crippen LogP contribution >= 0.6 is 23.7 Å². The third kappa shape index (κ3) is 7.29. The van der Waals surface area contributed by atoms with E-state index in [0.29, 0.717) is 18.7 Å². The van der Waals surface area contributed by atoms with Gasteiger partial charge in [0.2, 0.25) is 11.8 Å². The second kappa shape index (κ2) is 12.5. The van der Waals surface area contributed by atoms with E-state index < -0.39 is 29.9 Å². The van der Waals surface area contributed by atoms with Crippen LogP contribution < -0.4 is 16.0 Å². The third-order valence-corrected chi connectivity index (χ3v) is 6.49. The number of carboxylic acids is 1. The number of phenolic OH excluding ortho intramolecular Hbond substituents is 1. The van der Waals surface area contributed by atoms with Gasteiger partial charge in [-0.2, -0.15) is 11.8 Å². The number of fused-ring (bicyclic) bond motifs is 1. The van der Waals surface area contributed by atoms with E-state index in [1.807, 2.05) is 24.3 Å². The summed E-state index contributed by atoms with van der Waals surface area (Å²) in [5, 5.41) is 27.3. The highest BCUT2D eigenvalue weighted by Gasteiger charge is 2.28. The summed E-state index contributed by atoms with van der Waals surface area (Å²) in [6, 6.07) is 11.2. The van der Waals surface area contributed by atoms with Crippen LogP contribution in [0.5, 0.6) is 5.75 Å². The molecule has 0 saturated heterocycles. The minimum absolute atomic E-state index is 0.00422. The molecule has 0 bridgehead atoms. The number of carbonyl (C=O) groups is 3. The van der Waals surface area contributed by atoms with Crippen LogP contribution in [0, 0.1) is 0 Å². The lowest BCUT2D eigenvalue weighted by Gasteiger charge is -2.22. The molecular weight excluding hydrogens is 480 g/mol. The van der Waals surface area contributed by atoms with Gasteiger partial charge in [-0.05, 0) is 48.0 Å². The number of para-hydroxylation sites is 1. The van der Waals surface area contributed by atoms with Crippen LogP contribution in [0.25, 0.3) is 0 Å². The van der Waals surface area contributed by atoms with E-state index in [0.717, 1.165) is 10.6 Å². The summed E-state index contributed by atoms with van der Waals surface area (Å²) < 4.78 is 1.59. The van der Waals surface area contributed by atoms with E-state index in [2.05, 4.69) is 16.0 Å². The minimum atomic E-state index is -1.17. The van der Waals surface area contributed by atoms with Crippen molar-refractivity contribution in [3.63, 3.8) is 0 Å². The molecule has 0 fully saturated rings. The summed E-state index contributed by atoms with van der Waals surface area (Å²) in [6.45, 7) is 0.796. The van der Waals surface area contributed by atoms with Gasteiger partial charge in [-0.1, -0.05) is 24.3 Å². The first-order valence-electron chi connectivity index (χ1n) is 10.4. The molecule has 0 spiro atoms. The van der Waals surface area contributed by atoms with Crippen molar-refractivity contribution in [1.82, 2.24) is 15.1 Å². The SMILES string of the molecule is CSC[C@H](NC(=O)[C@H](NC(=O)CON1CCNc2ccccc2S1)c1ccc(O)cc1)C(=O)O. The summed E-state index contributed by atoms with van der Waals surface area (Å²) in [6.07, 6.45) is 1.73. The molecule has 2 aromatic carbocycles. The summed E-state index contributed by atoms with van der Waals surface area (Å²) in [4.78, 5) is 43.7. The van der Waals surface area contributed by atoms with Gasteiger partial charge in [0, 0.05) is 22.9 Å². The number of carbonyl (C=O) groups excluding carboxylic acids is 2. The Bertz CT molecular complexity index is 1010. The number of aliphatic carboxylic acids is 1. The molecule has 1 aliphatic rings. The van der Waals surface area contributed by atoms with E-state index in [1.165, 1.54) is 48.0 Å². The fourth-order valence-electron chi connectivity index (χ4n) is 3.12. The fourth-order valence-corrected chi connectivity index (χ4v) is 4.56. The largest absolute Gasteiger partial charge is 0.508 e. The number of aromatic hydroxyl groups is 1. The Hall–Kier alpha value is -2.93. The van der Waals surface area contributed by atoms with E-state index in [9.17, 15) is 24.6 Å². The summed E-state index contributed by atoms with van der Waals surface area (Å²) in [7, 11) is 0. The lowest BCUT2D eigenvalue weighted by molar-refractivity contribution is -0.143. The van der Waals surface area contributed by atoms with E-state index in [-0.39, 0.29) is 18.1 Å². The number of phenols is 1. The van der Waals surface area contributed by atoms with Gasteiger partial charge in [-0.15, -0.1) is 4.47 Å². The first-order valence-corrected chi connectivity index (χ1v) is 12.6. The Morgan fingerprint density at radius 1 is 1.18 bits per heavy atom. The Kier molecular flexibility index (Phi) is 9.45. The molecule has 0 aromatic heterocycles. The topological polar surface area (TPSA) is 140 Å². The predicted octanol–water partition coefficient (Wildman–Crippen LogP) is 1.85. The lowest BCUT2D eigenvalue weighted by atomic mass is 10.1. The molecule has 5 N–H and O–H groups in total. The molecule has 0 unspecified atom stereocenters. The molecule has 3 rings (SSSR count). The van der Waals surface area contributed by atoms with Crippen LogP contribution in [0.2, 0.25) is 0 Å². The van der Waals surface area contributed by atoms with Gasteiger partial charge in [0.25, 0.3) is 0 Å². The molecule has 2 aromatic rings. The number of thioether (sulfide) groups is 1. The van der Waals surface area contributed by atoms with Crippen molar-refractivity contribution in [2.45, 2.75) is 17.0 Å². The Morgan fingerprint density at radius 3 is 2.62 bits per heavy atom. The van der Waals surface area contributed by atoms with Crippen LogP contribution in [0.1, 0.15) is 11.6 Å². The maximum atomic E-state index is 12.9. The molecule has 0 saturated carbocycles.